The van der Waals surface area contributed by atoms with E-state index in [1.165, 1.54) is 25.7 Å². The summed E-state index contributed by atoms with van der Waals surface area (Å²) in [7, 11) is 1.60. The van der Waals surface area contributed by atoms with E-state index in [1.807, 2.05) is 60.7 Å². The number of hydrogen-bond acceptors (Lipinski definition) is 4. The molecule has 0 atom stereocenters. The SMILES string of the molecule is CCCCCCCCNC(=O)COc1ccc(/C=C(/C(=O)c2ccc(OC)cc2)c2ccccc2)cc1. The number of unbranched alkanes of at least 4 members (excludes halogenated alkanes) is 5. The molecule has 0 aliphatic heterocycles. The molecule has 3 aromatic carbocycles. The van der Waals surface area contributed by atoms with Gasteiger partial charge in [-0.2, -0.15) is 0 Å². The smallest absolute Gasteiger partial charge is 0.257 e. The number of methoxy groups -OCH3 is 1. The van der Waals surface area contributed by atoms with E-state index in [9.17, 15) is 9.59 Å². The monoisotopic (exact) mass is 499 g/mol. The molecule has 5 heteroatoms. The van der Waals surface area contributed by atoms with Crippen molar-refractivity contribution in [1.29, 1.82) is 0 Å². The molecule has 3 aromatic rings. The number of nitrogens with one attached hydrogen (secondary N) is 1. The number of rotatable bonds is 15. The maximum absolute atomic E-state index is 13.4. The van der Waals surface area contributed by atoms with Gasteiger partial charge < -0.3 is 14.8 Å². The molecule has 0 spiro atoms. The first-order chi connectivity index (χ1) is 18.1. The molecule has 194 valence electrons. The zero-order valence-electron chi connectivity index (χ0n) is 21.9. The number of amides is 1. The Morgan fingerprint density at radius 3 is 2.08 bits per heavy atom. The van der Waals surface area contributed by atoms with Crippen molar-refractivity contribution in [2.75, 3.05) is 20.3 Å². The van der Waals surface area contributed by atoms with E-state index in [2.05, 4.69) is 12.2 Å². The predicted octanol–water partition coefficient (Wildman–Crippen LogP) is 6.97. The fourth-order valence-electron chi connectivity index (χ4n) is 3.96. The first kappa shape index (κ1) is 27.7. The number of carbonyl (C=O) groups excluding carboxylic acids is 2. The lowest BCUT2D eigenvalue weighted by Crippen LogP contribution is -2.29. The van der Waals surface area contributed by atoms with Gasteiger partial charge in [0.2, 0.25) is 0 Å². The molecular formula is C32H37NO4. The summed E-state index contributed by atoms with van der Waals surface area (Å²) >= 11 is 0. The number of allylic oxidation sites excluding steroid dienone is 1. The predicted molar refractivity (Wildman–Crippen MR) is 150 cm³/mol. The Balaban J connectivity index is 1.60. The molecular weight excluding hydrogens is 462 g/mol. The maximum Gasteiger partial charge on any atom is 0.257 e. The molecule has 0 aromatic heterocycles. The van der Waals surface area contributed by atoms with Gasteiger partial charge in [0.1, 0.15) is 11.5 Å². The molecule has 0 radical (unpaired) electrons. The number of ketones is 1. The van der Waals surface area contributed by atoms with E-state index in [0.29, 0.717) is 29.2 Å². The van der Waals surface area contributed by atoms with E-state index in [-0.39, 0.29) is 18.3 Å². The van der Waals surface area contributed by atoms with Gasteiger partial charge in [0.15, 0.2) is 12.4 Å². The minimum absolute atomic E-state index is 0.0176. The topological polar surface area (TPSA) is 64.6 Å². The van der Waals surface area contributed by atoms with Crippen molar-refractivity contribution in [2.45, 2.75) is 45.4 Å². The van der Waals surface area contributed by atoms with Crippen molar-refractivity contribution in [2.24, 2.45) is 0 Å². The first-order valence-corrected chi connectivity index (χ1v) is 13.1. The Morgan fingerprint density at radius 2 is 1.41 bits per heavy atom. The molecule has 0 bridgehead atoms. The minimum atomic E-state index is -0.117. The van der Waals surface area contributed by atoms with Crippen LogP contribution < -0.4 is 14.8 Å². The molecule has 0 fully saturated rings. The average Bonchev–Trinajstić information content (AvgIpc) is 2.95. The lowest BCUT2D eigenvalue weighted by molar-refractivity contribution is -0.123. The number of carbonyl (C=O) groups is 2. The molecule has 1 amide bonds. The molecule has 0 saturated carbocycles. The lowest BCUT2D eigenvalue weighted by Gasteiger charge is -2.10. The van der Waals surface area contributed by atoms with Gasteiger partial charge in [-0.1, -0.05) is 81.5 Å². The van der Waals surface area contributed by atoms with Crippen molar-refractivity contribution in [3.8, 4) is 11.5 Å². The van der Waals surface area contributed by atoms with Gasteiger partial charge in [-0.05, 0) is 60.0 Å². The Bertz CT molecular complexity index is 1140. The van der Waals surface area contributed by atoms with Crippen LogP contribution in [0.4, 0.5) is 0 Å². The molecule has 0 aliphatic rings. The quantitative estimate of drug-likeness (QED) is 0.106. The van der Waals surface area contributed by atoms with E-state index in [0.717, 1.165) is 24.0 Å². The highest BCUT2D eigenvalue weighted by atomic mass is 16.5. The van der Waals surface area contributed by atoms with E-state index >= 15 is 0 Å². The van der Waals surface area contributed by atoms with E-state index in [1.54, 1.807) is 31.4 Å². The van der Waals surface area contributed by atoms with Crippen molar-refractivity contribution < 1.29 is 19.1 Å². The molecule has 0 heterocycles. The second-order valence-corrected chi connectivity index (χ2v) is 8.96. The number of hydrogen-bond donors (Lipinski definition) is 1. The molecule has 0 saturated heterocycles. The van der Waals surface area contributed by atoms with Crippen LogP contribution >= 0.6 is 0 Å². The van der Waals surface area contributed by atoms with Gasteiger partial charge in [-0.15, -0.1) is 0 Å². The third kappa shape index (κ3) is 9.26. The molecule has 37 heavy (non-hydrogen) atoms. The van der Waals surface area contributed by atoms with E-state index < -0.39 is 0 Å². The van der Waals surface area contributed by atoms with Crippen LogP contribution in [0, 0.1) is 0 Å². The van der Waals surface area contributed by atoms with Gasteiger partial charge >= 0.3 is 0 Å². The van der Waals surface area contributed by atoms with Crippen molar-refractivity contribution >= 4 is 23.3 Å². The van der Waals surface area contributed by atoms with Gasteiger partial charge in [0.05, 0.1) is 7.11 Å². The fraction of sp³-hybridized carbons (Fsp3) is 0.312. The molecule has 0 aliphatic carbocycles. The van der Waals surface area contributed by atoms with Crippen LogP contribution in [0.3, 0.4) is 0 Å². The second kappa shape index (κ2) is 15.3. The number of Topliss-reactive ketones (excluding diaryl/α,β-unsaturated/α-hetero) is 1. The lowest BCUT2D eigenvalue weighted by atomic mass is 9.94. The highest BCUT2D eigenvalue weighted by Gasteiger charge is 2.15. The highest BCUT2D eigenvalue weighted by molar-refractivity contribution is 6.32. The normalized spacial score (nSPS) is 11.1. The second-order valence-electron chi connectivity index (χ2n) is 8.96. The molecule has 3 rings (SSSR count). The van der Waals surface area contributed by atoms with Gasteiger partial charge in [0.25, 0.3) is 5.91 Å². The first-order valence-electron chi connectivity index (χ1n) is 13.1. The standard InChI is InChI=1S/C32H37NO4/c1-3-4-5-6-7-11-22-33-31(34)24-37-29-18-14-25(15-19-29)23-30(26-12-9-8-10-13-26)32(35)27-16-20-28(36-2)21-17-27/h8-10,12-21,23H,3-7,11,22,24H2,1-2H3,(H,33,34)/b30-23+. The fourth-order valence-corrected chi connectivity index (χ4v) is 3.96. The Kier molecular flexibility index (Phi) is 11.5. The summed E-state index contributed by atoms with van der Waals surface area (Å²) < 4.78 is 10.9. The summed E-state index contributed by atoms with van der Waals surface area (Å²) in [6, 6.07) is 24.1. The van der Waals surface area contributed by atoms with Crippen LogP contribution in [0.15, 0.2) is 78.9 Å². The summed E-state index contributed by atoms with van der Waals surface area (Å²) in [5, 5.41) is 2.92. The number of ether oxygens (including phenoxy) is 2. The zero-order valence-corrected chi connectivity index (χ0v) is 21.9. The Hall–Kier alpha value is -3.86. The Morgan fingerprint density at radius 1 is 0.757 bits per heavy atom. The summed E-state index contributed by atoms with van der Waals surface area (Å²) in [6.07, 6.45) is 9.01. The van der Waals surface area contributed by atoms with E-state index in [4.69, 9.17) is 9.47 Å². The van der Waals surface area contributed by atoms with Crippen LogP contribution in [0.2, 0.25) is 0 Å². The largest absolute Gasteiger partial charge is 0.497 e. The minimum Gasteiger partial charge on any atom is -0.497 e. The molecule has 0 unspecified atom stereocenters. The Labute approximate surface area is 220 Å². The van der Waals surface area contributed by atoms with Gasteiger partial charge in [-0.3, -0.25) is 9.59 Å². The van der Waals surface area contributed by atoms with Crippen LogP contribution in [0.1, 0.15) is 66.9 Å². The third-order valence-corrected chi connectivity index (χ3v) is 6.10. The van der Waals surface area contributed by atoms with Gasteiger partial charge in [-0.25, -0.2) is 0 Å². The molecule has 1 N–H and O–H groups in total. The zero-order chi connectivity index (χ0) is 26.3. The highest BCUT2D eigenvalue weighted by Crippen LogP contribution is 2.25. The summed E-state index contributed by atoms with van der Waals surface area (Å²) in [6.45, 7) is 2.87. The van der Waals surface area contributed by atoms with Crippen LogP contribution in [-0.4, -0.2) is 32.0 Å². The summed E-state index contributed by atoms with van der Waals surface area (Å²) in [4.78, 5) is 25.5. The van der Waals surface area contributed by atoms with Crippen molar-refractivity contribution in [3.63, 3.8) is 0 Å². The van der Waals surface area contributed by atoms with Crippen molar-refractivity contribution in [3.05, 3.63) is 95.6 Å². The van der Waals surface area contributed by atoms with Crippen LogP contribution in [0.5, 0.6) is 11.5 Å². The maximum atomic E-state index is 13.4. The van der Waals surface area contributed by atoms with Crippen molar-refractivity contribution in [1.82, 2.24) is 5.32 Å². The number of benzene rings is 3. The van der Waals surface area contributed by atoms with Gasteiger partial charge in [0, 0.05) is 17.7 Å². The summed E-state index contributed by atoms with van der Waals surface area (Å²) in [5.74, 6) is 1.12. The third-order valence-electron chi connectivity index (χ3n) is 6.10. The van der Waals surface area contributed by atoms with Crippen LogP contribution in [-0.2, 0) is 4.79 Å². The van der Waals surface area contributed by atoms with Crippen LogP contribution in [0.25, 0.3) is 11.6 Å². The molecule has 5 nitrogen and oxygen atoms in total. The summed E-state index contributed by atoms with van der Waals surface area (Å²) in [5.41, 5.74) is 2.88. The average molecular weight is 500 g/mol.